The van der Waals surface area contributed by atoms with Gasteiger partial charge in [-0.2, -0.15) is 11.8 Å². The van der Waals surface area contributed by atoms with Gasteiger partial charge in [-0.05, 0) is 47.0 Å². The average Bonchev–Trinajstić information content (AvgIpc) is 2.15. The molecule has 1 aliphatic rings. The summed E-state index contributed by atoms with van der Waals surface area (Å²) in [5.74, 6) is 1.67. The van der Waals surface area contributed by atoms with Crippen LogP contribution in [-0.2, 0) is 4.79 Å². The molecule has 2 atom stereocenters. The van der Waals surface area contributed by atoms with Crippen LogP contribution in [0.5, 0.6) is 0 Å². The van der Waals surface area contributed by atoms with Crippen LogP contribution in [0.2, 0.25) is 0 Å². The number of thioether (sulfide) groups is 1. The summed E-state index contributed by atoms with van der Waals surface area (Å²) < 4.78 is 0. The van der Waals surface area contributed by atoms with Crippen LogP contribution in [0.3, 0.4) is 0 Å². The molecule has 1 fully saturated rings. The van der Waals surface area contributed by atoms with Gasteiger partial charge in [0.05, 0.1) is 5.75 Å². The van der Waals surface area contributed by atoms with Crippen molar-refractivity contribution in [1.29, 1.82) is 0 Å². The quantitative estimate of drug-likeness (QED) is 0.841. The SMILES string of the molecule is CC1CCCC(C)N1C(=O)CSCC(C)(C)N. The van der Waals surface area contributed by atoms with Crippen molar-refractivity contribution >= 4 is 17.7 Å². The number of nitrogens with two attached hydrogens (primary N) is 1. The van der Waals surface area contributed by atoms with Crippen LogP contribution in [0.4, 0.5) is 0 Å². The fourth-order valence-corrected chi connectivity index (χ4v) is 3.34. The van der Waals surface area contributed by atoms with E-state index in [4.69, 9.17) is 5.73 Å². The molecule has 1 aliphatic heterocycles. The minimum absolute atomic E-state index is 0.190. The van der Waals surface area contributed by atoms with Crippen LogP contribution in [0.1, 0.15) is 47.0 Å². The Labute approximate surface area is 109 Å². The maximum atomic E-state index is 12.2. The third-order valence-corrected chi connectivity index (χ3v) is 4.58. The van der Waals surface area contributed by atoms with Crippen LogP contribution < -0.4 is 5.73 Å². The van der Waals surface area contributed by atoms with E-state index in [2.05, 4.69) is 18.7 Å². The van der Waals surface area contributed by atoms with Gasteiger partial charge >= 0.3 is 0 Å². The maximum absolute atomic E-state index is 12.2. The summed E-state index contributed by atoms with van der Waals surface area (Å²) in [6.45, 7) is 8.31. The van der Waals surface area contributed by atoms with Crippen molar-refractivity contribution < 1.29 is 4.79 Å². The third-order valence-electron chi connectivity index (χ3n) is 3.18. The van der Waals surface area contributed by atoms with E-state index in [-0.39, 0.29) is 11.4 Å². The number of piperidine rings is 1. The highest BCUT2D eigenvalue weighted by molar-refractivity contribution is 8.00. The lowest BCUT2D eigenvalue weighted by atomic mass is 9.98. The lowest BCUT2D eigenvalue weighted by molar-refractivity contribution is -0.134. The molecule has 1 heterocycles. The molecule has 100 valence electrons. The van der Waals surface area contributed by atoms with E-state index >= 15 is 0 Å². The molecule has 0 aromatic heterocycles. The van der Waals surface area contributed by atoms with Crippen molar-refractivity contribution in [2.24, 2.45) is 5.73 Å². The van der Waals surface area contributed by atoms with E-state index in [1.54, 1.807) is 11.8 Å². The summed E-state index contributed by atoms with van der Waals surface area (Å²) in [4.78, 5) is 14.2. The Morgan fingerprint density at radius 1 is 1.35 bits per heavy atom. The molecule has 0 bridgehead atoms. The summed E-state index contributed by atoms with van der Waals surface area (Å²) in [7, 11) is 0. The summed E-state index contributed by atoms with van der Waals surface area (Å²) in [6, 6.07) is 0.801. The second kappa shape index (κ2) is 6.10. The summed E-state index contributed by atoms with van der Waals surface area (Å²) >= 11 is 1.65. The molecule has 0 spiro atoms. The fourth-order valence-electron chi connectivity index (χ4n) is 2.39. The third kappa shape index (κ3) is 4.88. The second-order valence-corrected chi connectivity index (χ2v) is 6.90. The molecule has 17 heavy (non-hydrogen) atoms. The lowest BCUT2D eigenvalue weighted by Crippen LogP contribution is -2.48. The van der Waals surface area contributed by atoms with Crippen LogP contribution in [0.25, 0.3) is 0 Å². The van der Waals surface area contributed by atoms with E-state index < -0.39 is 0 Å². The Hall–Kier alpha value is -0.220. The Balaban J connectivity index is 2.40. The van der Waals surface area contributed by atoms with Gasteiger partial charge in [-0.25, -0.2) is 0 Å². The van der Waals surface area contributed by atoms with Gasteiger partial charge in [0.25, 0.3) is 0 Å². The van der Waals surface area contributed by atoms with Gasteiger partial charge in [-0.1, -0.05) is 0 Å². The van der Waals surface area contributed by atoms with Crippen molar-refractivity contribution in [2.45, 2.75) is 64.6 Å². The molecule has 3 nitrogen and oxygen atoms in total. The van der Waals surface area contributed by atoms with Crippen LogP contribution >= 0.6 is 11.8 Å². The number of likely N-dealkylation sites (tertiary alicyclic amines) is 1. The van der Waals surface area contributed by atoms with Gasteiger partial charge in [0.1, 0.15) is 0 Å². The Kier molecular flexibility index (Phi) is 5.32. The number of hydrogen-bond acceptors (Lipinski definition) is 3. The molecular formula is C13H26N2OS. The first-order valence-corrected chi connectivity index (χ1v) is 7.64. The normalized spacial score (nSPS) is 26.1. The largest absolute Gasteiger partial charge is 0.337 e. The Morgan fingerprint density at radius 2 is 1.88 bits per heavy atom. The number of hydrogen-bond donors (Lipinski definition) is 1. The maximum Gasteiger partial charge on any atom is 0.233 e. The molecule has 0 aliphatic carbocycles. The molecule has 4 heteroatoms. The van der Waals surface area contributed by atoms with Crippen LogP contribution in [-0.4, -0.2) is 39.9 Å². The second-order valence-electron chi connectivity index (χ2n) is 5.91. The Bertz CT molecular complexity index is 253. The number of carbonyl (C=O) groups is 1. The summed E-state index contributed by atoms with van der Waals surface area (Å²) in [6.07, 6.45) is 3.53. The molecule has 1 rings (SSSR count). The predicted octanol–water partition coefficient (Wildman–Crippen LogP) is 2.25. The highest BCUT2D eigenvalue weighted by Gasteiger charge is 2.28. The number of amides is 1. The van der Waals surface area contributed by atoms with Crippen molar-refractivity contribution in [1.82, 2.24) is 4.90 Å². The zero-order valence-corrected chi connectivity index (χ0v) is 12.3. The van der Waals surface area contributed by atoms with Gasteiger partial charge in [-0.15, -0.1) is 0 Å². The van der Waals surface area contributed by atoms with Crippen molar-refractivity contribution in [2.75, 3.05) is 11.5 Å². The molecule has 0 aromatic carbocycles. The predicted molar refractivity (Wildman–Crippen MR) is 75.2 cm³/mol. The van der Waals surface area contributed by atoms with Crippen molar-refractivity contribution in [3.05, 3.63) is 0 Å². The highest BCUT2D eigenvalue weighted by atomic mass is 32.2. The van der Waals surface area contributed by atoms with Gasteiger partial charge in [-0.3, -0.25) is 4.79 Å². The average molecular weight is 258 g/mol. The first kappa shape index (κ1) is 14.8. The highest BCUT2D eigenvalue weighted by Crippen LogP contribution is 2.23. The first-order valence-electron chi connectivity index (χ1n) is 6.49. The number of nitrogens with zero attached hydrogens (tertiary/aromatic N) is 1. The summed E-state index contributed by atoms with van der Waals surface area (Å²) in [5, 5.41) is 0. The van der Waals surface area contributed by atoms with E-state index in [9.17, 15) is 4.79 Å². The van der Waals surface area contributed by atoms with Crippen LogP contribution in [0.15, 0.2) is 0 Å². The first-order chi connectivity index (χ1) is 7.81. The Morgan fingerprint density at radius 3 is 2.35 bits per heavy atom. The summed E-state index contributed by atoms with van der Waals surface area (Å²) in [5.41, 5.74) is 5.72. The van der Waals surface area contributed by atoms with E-state index in [0.717, 1.165) is 18.6 Å². The molecule has 1 saturated heterocycles. The van der Waals surface area contributed by atoms with Crippen molar-refractivity contribution in [3.63, 3.8) is 0 Å². The minimum Gasteiger partial charge on any atom is -0.337 e. The molecule has 1 amide bonds. The van der Waals surface area contributed by atoms with Gasteiger partial charge < -0.3 is 10.6 Å². The van der Waals surface area contributed by atoms with Crippen molar-refractivity contribution in [3.8, 4) is 0 Å². The van der Waals surface area contributed by atoms with E-state index in [0.29, 0.717) is 17.8 Å². The molecule has 0 saturated carbocycles. The topological polar surface area (TPSA) is 46.3 Å². The van der Waals surface area contributed by atoms with E-state index in [1.807, 2.05) is 13.8 Å². The zero-order chi connectivity index (χ0) is 13.1. The molecule has 2 unspecified atom stereocenters. The van der Waals surface area contributed by atoms with Gasteiger partial charge in [0.2, 0.25) is 5.91 Å². The standard InChI is InChI=1S/C13H26N2OS/c1-10-6-5-7-11(2)15(10)12(16)8-17-9-13(3,4)14/h10-11H,5-9,14H2,1-4H3. The van der Waals surface area contributed by atoms with Gasteiger partial charge in [0, 0.05) is 23.4 Å². The number of rotatable bonds is 4. The minimum atomic E-state index is -0.190. The smallest absolute Gasteiger partial charge is 0.233 e. The zero-order valence-electron chi connectivity index (χ0n) is 11.5. The van der Waals surface area contributed by atoms with E-state index in [1.165, 1.54) is 6.42 Å². The monoisotopic (exact) mass is 258 g/mol. The van der Waals surface area contributed by atoms with Crippen LogP contribution in [0, 0.1) is 0 Å². The fraction of sp³-hybridized carbons (Fsp3) is 0.923. The number of carbonyl (C=O) groups excluding carboxylic acids is 1. The lowest BCUT2D eigenvalue weighted by Gasteiger charge is -2.39. The molecule has 2 N–H and O–H groups in total. The molecule has 0 aromatic rings. The van der Waals surface area contributed by atoms with Gasteiger partial charge in [0.15, 0.2) is 0 Å². The molecular weight excluding hydrogens is 232 g/mol. The molecule has 0 radical (unpaired) electrons.